The second-order valence-electron chi connectivity index (χ2n) is 2.99. The van der Waals surface area contributed by atoms with Gasteiger partial charge in [-0.05, 0) is 27.8 Å². The van der Waals surface area contributed by atoms with Gasteiger partial charge in [0.2, 0.25) is 0 Å². The fourth-order valence-electron chi connectivity index (χ4n) is 0.724. The lowest BCUT2D eigenvalue weighted by Gasteiger charge is -2.16. The van der Waals surface area contributed by atoms with Crippen LogP contribution in [0.2, 0.25) is 0 Å². The summed E-state index contributed by atoms with van der Waals surface area (Å²) in [6.45, 7) is 8.29. The Kier molecular flexibility index (Phi) is 7.45. The molecule has 0 heterocycles. The van der Waals surface area contributed by atoms with E-state index in [0.29, 0.717) is 12.6 Å². The number of hydrogen-bond donors (Lipinski definition) is 1. The van der Waals surface area contributed by atoms with Crippen molar-refractivity contribution in [2.24, 2.45) is 0 Å². The van der Waals surface area contributed by atoms with Gasteiger partial charge in [-0.3, -0.25) is 0 Å². The van der Waals surface area contributed by atoms with Crippen LogP contribution < -0.4 is 5.32 Å². The third-order valence-corrected chi connectivity index (χ3v) is 1.68. The van der Waals surface area contributed by atoms with Crippen molar-refractivity contribution in [2.45, 2.75) is 32.9 Å². The molecule has 2 unspecified atom stereocenters. The first kappa shape index (κ1) is 11.9. The highest BCUT2D eigenvalue weighted by atomic mass is 16.5. The molecule has 0 amide bonds. The molecule has 0 rings (SSSR count). The van der Waals surface area contributed by atoms with Crippen molar-refractivity contribution in [1.82, 2.24) is 5.32 Å². The van der Waals surface area contributed by atoms with Gasteiger partial charge in [0.1, 0.15) is 0 Å². The van der Waals surface area contributed by atoms with Gasteiger partial charge in [-0.1, -0.05) is 0 Å². The van der Waals surface area contributed by atoms with Gasteiger partial charge in [0.15, 0.2) is 0 Å². The summed E-state index contributed by atoms with van der Waals surface area (Å²) in [6.07, 6.45) is 0.195. The van der Waals surface area contributed by atoms with E-state index in [1.807, 2.05) is 20.9 Å². The molecule has 0 saturated carbocycles. The van der Waals surface area contributed by atoms with E-state index >= 15 is 0 Å². The van der Waals surface area contributed by atoms with Crippen LogP contribution in [0, 0.1) is 0 Å². The normalized spacial score (nSPS) is 16.0. The second kappa shape index (κ2) is 7.53. The van der Waals surface area contributed by atoms with Gasteiger partial charge in [0.05, 0.1) is 19.3 Å². The van der Waals surface area contributed by atoms with E-state index in [1.165, 1.54) is 0 Å². The standard InChI is InChI=1S/C9H21NO2/c1-5-11-7-9(3)12-6-8(2)10-4/h8-10H,5-7H2,1-4H3. The van der Waals surface area contributed by atoms with E-state index < -0.39 is 0 Å². The zero-order valence-electron chi connectivity index (χ0n) is 8.59. The Hall–Kier alpha value is -0.120. The molecule has 1 N–H and O–H groups in total. The molecule has 0 bridgehead atoms. The molecule has 2 atom stereocenters. The largest absolute Gasteiger partial charge is 0.379 e. The summed E-state index contributed by atoms with van der Waals surface area (Å²) in [5.74, 6) is 0. The molecule has 0 aliphatic heterocycles. The molecule has 0 aromatic rings. The van der Waals surface area contributed by atoms with Crippen LogP contribution in [-0.2, 0) is 9.47 Å². The molecule has 0 radical (unpaired) electrons. The summed E-state index contributed by atoms with van der Waals surface area (Å²) in [5, 5.41) is 3.11. The van der Waals surface area contributed by atoms with E-state index in [9.17, 15) is 0 Å². The molecule has 74 valence electrons. The molecule has 0 aromatic heterocycles. The molecule has 0 aliphatic rings. The van der Waals surface area contributed by atoms with Gasteiger partial charge in [0.25, 0.3) is 0 Å². The predicted molar refractivity (Wildman–Crippen MR) is 50.4 cm³/mol. The minimum atomic E-state index is 0.195. The molecular weight excluding hydrogens is 154 g/mol. The number of likely N-dealkylation sites (N-methyl/N-ethyl adjacent to an activating group) is 1. The maximum atomic E-state index is 5.51. The number of rotatable bonds is 7. The molecule has 0 fully saturated rings. The van der Waals surface area contributed by atoms with Crippen molar-refractivity contribution in [3.8, 4) is 0 Å². The Bertz CT molecular complexity index is 98.5. The Labute approximate surface area is 75.4 Å². The summed E-state index contributed by atoms with van der Waals surface area (Å²) < 4.78 is 10.7. The Morgan fingerprint density at radius 2 is 1.92 bits per heavy atom. The summed E-state index contributed by atoms with van der Waals surface area (Å²) >= 11 is 0. The first-order chi connectivity index (χ1) is 5.70. The first-order valence-corrected chi connectivity index (χ1v) is 4.57. The Morgan fingerprint density at radius 3 is 2.42 bits per heavy atom. The van der Waals surface area contributed by atoms with Gasteiger partial charge in [-0.15, -0.1) is 0 Å². The third-order valence-electron chi connectivity index (χ3n) is 1.68. The number of ether oxygens (including phenoxy) is 2. The molecular formula is C9H21NO2. The lowest BCUT2D eigenvalue weighted by atomic mass is 10.3. The molecule has 0 aliphatic carbocycles. The summed E-state index contributed by atoms with van der Waals surface area (Å²) in [7, 11) is 1.93. The predicted octanol–water partition coefficient (Wildman–Crippen LogP) is 1.04. The summed E-state index contributed by atoms with van der Waals surface area (Å²) in [6, 6.07) is 0.411. The zero-order valence-corrected chi connectivity index (χ0v) is 8.59. The molecule has 0 spiro atoms. The third kappa shape index (κ3) is 6.58. The topological polar surface area (TPSA) is 30.5 Å². The smallest absolute Gasteiger partial charge is 0.0781 e. The first-order valence-electron chi connectivity index (χ1n) is 4.57. The zero-order chi connectivity index (χ0) is 9.40. The Morgan fingerprint density at radius 1 is 1.25 bits per heavy atom. The van der Waals surface area contributed by atoms with Crippen LogP contribution in [-0.4, -0.2) is 39.0 Å². The van der Waals surface area contributed by atoms with Crippen LogP contribution in [0.25, 0.3) is 0 Å². The molecule has 3 nitrogen and oxygen atoms in total. The Balaban J connectivity index is 3.24. The number of nitrogens with one attached hydrogen (secondary N) is 1. The maximum Gasteiger partial charge on any atom is 0.0781 e. The number of hydrogen-bond acceptors (Lipinski definition) is 3. The van der Waals surface area contributed by atoms with E-state index in [4.69, 9.17) is 9.47 Å². The van der Waals surface area contributed by atoms with Crippen LogP contribution >= 0.6 is 0 Å². The molecule has 0 saturated heterocycles. The molecule has 0 aromatic carbocycles. The van der Waals surface area contributed by atoms with Gasteiger partial charge >= 0.3 is 0 Å². The minimum Gasteiger partial charge on any atom is -0.379 e. The van der Waals surface area contributed by atoms with Gasteiger partial charge in [-0.25, -0.2) is 0 Å². The van der Waals surface area contributed by atoms with E-state index in [-0.39, 0.29) is 6.10 Å². The van der Waals surface area contributed by atoms with E-state index in [1.54, 1.807) is 0 Å². The maximum absolute atomic E-state index is 5.51. The van der Waals surface area contributed by atoms with Crippen LogP contribution in [0.15, 0.2) is 0 Å². The highest BCUT2D eigenvalue weighted by Crippen LogP contribution is 1.93. The average Bonchev–Trinajstić information content (AvgIpc) is 2.10. The van der Waals surface area contributed by atoms with Crippen molar-refractivity contribution in [3.63, 3.8) is 0 Å². The molecule has 3 heteroatoms. The summed E-state index contributed by atoms with van der Waals surface area (Å²) in [5.41, 5.74) is 0. The van der Waals surface area contributed by atoms with Crippen LogP contribution in [0.3, 0.4) is 0 Å². The average molecular weight is 175 g/mol. The van der Waals surface area contributed by atoms with Crippen molar-refractivity contribution in [2.75, 3.05) is 26.9 Å². The lowest BCUT2D eigenvalue weighted by Crippen LogP contribution is -2.30. The summed E-state index contributed by atoms with van der Waals surface area (Å²) in [4.78, 5) is 0. The lowest BCUT2D eigenvalue weighted by molar-refractivity contribution is -0.00915. The monoisotopic (exact) mass is 175 g/mol. The van der Waals surface area contributed by atoms with Gasteiger partial charge in [0, 0.05) is 12.6 Å². The molecule has 12 heavy (non-hydrogen) atoms. The van der Waals surface area contributed by atoms with Crippen LogP contribution in [0.1, 0.15) is 20.8 Å². The van der Waals surface area contributed by atoms with Crippen molar-refractivity contribution < 1.29 is 9.47 Å². The highest BCUT2D eigenvalue weighted by molar-refractivity contribution is 4.56. The van der Waals surface area contributed by atoms with Crippen molar-refractivity contribution in [3.05, 3.63) is 0 Å². The van der Waals surface area contributed by atoms with Crippen LogP contribution in [0.5, 0.6) is 0 Å². The fraction of sp³-hybridized carbons (Fsp3) is 1.00. The minimum absolute atomic E-state index is 0.195. The van der Waals surface area contributed by atoms with Gasteiger partial charge in [-0.2, -0.15) is 0 Å². The highest BCUT2D eigenvalue weighted by Gasteiger charge is 2.04. The SMILES string of the molecule is CCOCC(C)OCC(C)NC. The van der Waals surface area contributed by atoms with Crippen molar-refractivity contribution in [1.29, 1.82) is 0 Å². The second-order valence-corrected chi connectivity index (χ2v) is 2.99. The fourth-order valence-corrected chi connectivity index (χ4v) is 0.724. The quantitative estimate of drug-likeness (QED) is 0.627. The van der Waals surface area contributed by atoms with E-state index in [0.717, 1.165) is 13.2 Å². The van der Waals surface area contributed by atoms with Gasteiger partial charge < -0.3 is 14.8 Å². The van der Waals surface area contributed by atoms with E-state index in [2.05, 4.69) is 12.2 Å². The van der Waals surface area contributed by atoms with Crippen LogP contribution in [0.4, 0.5) is 0 Å². The van der Waals surface area contributed by atoms with Crippen molar-refractivity contribution >= 4 is 0 Å².